The predicted molar refractivity (Wildman–Crippen MR) is 102 cm³/mol. The van der Waals surface area contributed by atoms with Crippen LogP contribution in [0.25, 0.3) is 10.9 Å². The maximum atomic E-state index is 12.4. The summed E-state index contributed by atoms with van der Waals surface area (Å²) in [6, 6.07) is 7.61. The number of aromatic nitrogens is 2. The van der Waals surface area contributed by atoms with Crippen molar-refractivity contribution in [3.05, 3.63) is 30.6 Å². The SMILES string of the molecule is CC1CCCN(CC(C)(C)NC(=O)COc2ncnc3ccccc23)C1. The summed E-state index contributed by atoms with van der Waals surface area (Å²) in [4.78, 5) is 23.2. The Morgan fingerprint density at radius 2 is 2.15 bits per heavy atom. The van der Waals surface area contributed by atoms with Gasteiger partial charge < -0.3 is 15.0 Å². The zero-order chi connectivity index (χ0) is 18.6. The molecule has 1 unspecified atom stereocenters. The molecule has 6 nitrogen and oxygen atoms in total. The number of fused-ring (bicyclic) bond motifs is 1. The van der Waals surface area contributed by atoms with Crippen LogP contribution in [0.5, 0.6) is 5.88 Å². The van der Waals surface area contributed by atoms with E-state index in [1.807, 2.05) is 24.3 Å². The fraction of sp³-hybridized carbons (Fsp3) is 0.550. The van der Waals surface area contributed by atoms with Crippen molar-refractivity contribution in [1.29, 1.82) is 0 Å². The molecule has 1 saturated heterocycles. The van der Waals surface area contributed by atoms with Crippen LogP contribution in [-0.4, -0.2) is 52.6 Å². The number of likely N-dealkylation sites (tertiary alicyclic amines) is 1. The number of ether oxygens (including phenoxy) is 1. The normalized spacial score (nSPS) is 18.7. The fourth-order valence-electron chi connectivity index (χ4n) is 3.67. The molecule has 3 rings (SSSR count). The number of para-hydroxylation sites is 1. The lowest BCUT2D eigenvalue weighted by Crippen LogP contribution is -2.54. The molecule has 1 aliphatic heterocycles. The minimum absolute atomic E-state index is 0.0547. The van der Waals surface area contributed by atoms with E-state index < -0.39 is 0 Å². The van der Waals surface area contributed by atoms with Crippen molar-refractivity contribution in [2.45, 2.75) is 39.2 Å². The van der Waals surface area contributed by atoms with Gasteiger partial charge in [-0.05, 0) is 51.3 Å². The number of piperidine rings is 1. The van der Waals surface area contributed by atoms with Gasteiger partial charge in [0.25, 0.3) is 5.91 Å². The molecular formula is C20H28N4O2. The highest BCUT2D eigenvalue weighted by Crippen LogP contribution is 2.21. The Kier molecular flexibility index (Phi) is 5.71. The summed E-state index contributed by atoms with van der Waals surface area (Å²) < 4.78 is 5.66. The molecule has 0 spiro atoms. The van der Waals surface area contributed by atoms with Crippen molar-refractivity contribution >= 4 is 16.8 Å². The van der Waals surface area contributed by atoms with E-state index in [9.17, 15) is 4.79 Å². The molecule has 1 atom stereocenters. The largest absolute Gasteiger partial charge is 0.467 e. The van der Waals surface area contributed by atoms with Crippen LogP contribution in [0.15, 0.2) is 30.6 Å². The zero-order valence-electron chi connectivity index (χ0n) is 15.9. The van der Waals surface area contributed by atoms with Gasteiger partial charge in [-0.3, -0.25) is 4.79 Å². The van der Waals surface area contributed by atoms with Crippen molar-refractivity contribution in [3.8, 4) is 5.88 Å². The quantitative estimate of drug-likeness (QED) is 0.862. The lowest BCUT2D eigenvalue weighted by atomic mass is 9.97. The first-order valence-corrected chi connectivity index (χ1v) is 9.29. The number of hydrogen-bond donors (Lipinski definition) is 1. The second kappa shape index (κ2) is 7.99. The second-order valence-electron chi connectivity index (χ2n) is 7.90. The smallest absolute Gasteiger partial charge is 0.258 e. The Bertz CT molecular complexity index is 757. The average Bonchev–Trinajstić information content (AvgIpc) is 2.59. The summed E-state index contributed by atoms with van der Waals surface area (Å²) in [5, 5.41) is 3.90. The molecule has 26 heavy (non-hydrogen) atoms. The molecule has 0 bridgehead atoms. The van der Waals surface area contributed by atoms with E-state index in [2.05, 4.69) is 41.0 Å². The van der Waals surface area contributed by atoms with Crippen LogP contribution < -0.4 is 10.1 Å². The number of rotatable bonds is 6. The Morgan fingerprint density at radius 3 is 2.96 bits per heavy atom. The van der Waals surface area contributed by atoms with E-state index in [1.54, 1.807) is 0 Å². The van der Waals surface area contributed by atoms with Gasteiger partial charge in [0.05, 0.1) is 10.9 Å². The minimum atomic E-state index is -0.300. The molecule has 1 amide bonds. The number of amides is 1. The number of nitrogens with one attached hydrogen (secondary N) is 1. The van der Waals surface area contributed by atoms with Crippen molar-refractivity contribution in [2.75, 3.05) is 26.2 Å². The van der Waals surface area contributed by atoms with Gasteiger partial charge in [0, 0.05) is 18.6 Å². The molecule has 0 aliphatic carbocycles. The molecule has 1 aromatic heterocycles. The van der Waals surface area contributed by atoms with E-state index >= 15 is 0 Å². The van der Waals surface area contributed by atoms with Crippen LogP contribution in [0, 0.1) is 5.92 Å². The van der Waals surface area contributed by atoms with Crippen molar-refractivity contribution < 1.29 is 9.53 Å². The number of hydrogen-bond acceptors (Lipinski definition) is 5. The summed E-state index contributed by atoms with van der Waals surface area (Å²) in [7, 11) is 0. The number of benzene rings is 1. The lowest BCUT2D eigenvalue weighted by Gasteiger charge is -2.37. The maximum absolute atomic E-state index is 12.4. The summed E-state index contributed by atoms with van der Waals surface area (Å²) >= 11 is 0. The van der Waals surface area contributed by atoms with Gasteiger partial charge in [-0.1, -0.05) is 19.1 Å². The van der Waals surface area contributed by atoms with Crippen molar-refractivity contribution in [1.82, 2.24) is 20.2 Å². The molecule has 1 aliphatic rings. The maximum Gasteiger partial charge on any atom is 0.258 e. The Labute approximate surface area is 155 Å². The standard InChI is InChI=1S/C20H28N4O2/c1-15-7-6-10-24(11-15)13-20(2,3)23-18(25)12-26-19-16-8-4-5-9-17(16)21-14-22-19/h4-5,8-9,14-15H,6-7,10-13H2,1-3H3,(H,23,25). The van der Waals surface area contributed by atoms with E-state index in [0.29, 0.717) is 5.88 Å². The van der Waals surface area contributed by atoms with Crippen LogP contribution in [0.4, 0.5) is 0 Å². The first-order valence-electron chi connectivity index (χ1n) is 9.29. The molecule has 140 valence electrons. The second-order valence-corrected chi connectivity index (χ2v) is 7.90. The minimum Gasteiger partial charge on any atom is -0.467 e. The molecule has 1 N–H and O–H groups in total. The van der Waals surface area contributed by atoms with Crippen LogP contribution >= 0.6 is 0 Å². The molecule has 0 radical (unpaired) electrons. The monoisotopic (exact) mass is 356 g/mol. The zero-order valence-corrected chi connectivity index (χ0v) is 15.9. The number of nitrogens with zero attached hydrogens (tertiary/aromatic N) is 3. The Morgan fingerprint density at radius 1 is 1.35 bits per heavy atom. The highest BCUT2D eigenvalue weighted by atomic mass is 16.5. The van der Waals surface area contributed by atoms with Crippen molar-refractivity contribution in [3.63, 3.8) is 0 Å². The van der Waals surface area contributed by atoms with Crippen molar-refractivity contribution in [2.24, 2.45) is 5.92 Å². The lowest BCUT2D eigenvalue weighted by molar-refractivity contribution is -0.125. The fourth-order valence-corrected chi connectivity index (χ4v) is 3.67. The number of carbonyl (C=O) groups excluding carboxylic acids is 1. The van der Waals surface area contributed by atoms with Gasteiger partial charge in [0.2, 0.25) is 5.88 Å². The van der Waals surface area contributed by atoms with E-state index in [4.69, 9.17) is 4.74 Å². The summed E-state index contributed by atoms with van der Waals surface area (Å²) in [6.45, 7) is 9.41. The third-order valence-electron chi connectivity index (χ3n) is 4.68. The van der Waals surface area contributed by atoms with E-state index in [0.717, 1.165) is 36.5 Å². The van der Waals surface area contributed by atoms with Gasteiger partial charge in [0.15, 0.2) is 6.61 Å². The first kappa shape index (κ1) is 18.6. The van der Waals surface area contributed by atoms with E-state index in [-0.39, 0.29) is 18.1 Å². The third kappa shape index (κ3) is 4.91. The molecule has 1 fully saturated rings. The molecule has 6 heteroatoms. The van der Waals surface area contributed by atoms with Gasteiger partial charge >= 0.3 is 0 Å². The molecular weight excluding hydrogens is 328 g/mol. The van der Waals surface area contributed by atoms with Gasteiger partial charge in [-0.2, -0.15) is 0 Å². The number of carbonyl (C=O) groups is 1. The van der Waals surface area contributed by atoms with Gasteiger partial charge in [-0.15, -0.1) is 0 Å². The van der Waals surface area contributed by atoms with Crippen LogP contribution in [-0.2, 0) is 4.79 Å². The van der Waals surface area contributed by atoms with Crippen LogP contribution in [0.1, 0.15) is 33.6 Å². The topological polar surface area (TPSA) is 67.4 Å². The molecule has 2 aromatic rings. The summed E-state index contributed by atoms with van der Waals surface area (Å²) in [6.07, 6.45) is 3.98. The van der Waals surface area contributed by atoms with Crippen LogP contribution in [0.3, 0.4) is 0 Å². The highest BCUT2D eigenvalue weighted by molar-refractivity contribution is 5.84. The summed E-state index contributed by atoms with van der Waals surface area (Å²) in [5.41, 5.74) is 0.503. The van der Waals surface area contributed by atoms with E-state index in [1.165, 1.54) is 19.2 Å². The van der Waals surface area contributed by atoms with Crippen LogP contribution in [0.2, 0.25) is 0 Å². The average molecular weight is 356 g/mol. The first-order chi connectivity index (χ1) is 12.4. The van der Waals surface area contributed by atoms with Gasteiger partial charge in [0.1, 0.15) is 6.33 Å². The Balaban J connectivity index is 1.54. The molecule has 1 aromatic carbocycles. The predicted octanol–water partition coefficient (Wildman–Crippen LogP) is 2.64. The summed E-state index contributed by atoms with van der Waals surface area (Å²) in [5.74, 6) is 1.03. The Hall–Kier alpha value is -2.21. The van der Waals surface area contributed by atoms with Gasteiger partial charge in [-0.25, -0.2) is 9.97 Å². The highest BCUT2D eigenvalue weighted by Gasteiger charge is 2.26. The third-order valence-corrected chi connectivity index (χ3v) is 4.68. The molecule has 0 saturated carbocycles. The molecule has 2 heterocycles.